The number of pyridine rings is 3. The number of nitrogens with one attached hydrogen (secondary N) is 1. The van der Waals surface area contributed by atoms with Crippen LogP contribution in [0.4, 0.5) is 15.3 Å². The minimum atomic E-state index is -0.449. The Morgan fingerprint density at radius 1 is 0.543 bits per heavy atom. The molecule has 0 bridgehead atoms. The van der Waals surface area contributed by atoms with Crippen molar-refractivity contribution in [2.24, 2.45) is 5.92 Å². The van der Waals surface area contributed by atoms with E-state index < -0.39 is 4.92 Å². The van der Waals surface area contributed by atoms with Crippen molar-refractivity contribution in [3.05, 3.63) is 206 Å². The summed E-state index contributed by atoms with van der Waals surface area (Å²) in [6.45, 7) is 10.4. The number of ether oxygens (including phenoxy) is 2. The molecule has 3 aromatic carbocycles. The fraction of sp³-hybridized carbons (Fsp3) is 0.400. The molecule has 92 heavy (non-hydrogen) atoms. The number of piperidine rings is 4. The first-order valence-electron chi connectivity index (χ1n) is 31.6. The van der Waals surface area contributed by atoms with Crippen LogP contribution in [0, 0.1) is 16.0 Å². The highest BCUT2D eigenvalue weighted by molar-refractivity contribution is 9.11. The molecule has 13 rings (SSSR count). The van der Waals surface area contributed by atoms with Gasteiger partial charge in [0.15, 0.2) is 0 Å². The van der Waals surface area contributed by atoms with Crippen molar-refractivity contribution in [1.82, 2.24) is 35.0 Å². The Morgan fingerprint density at radius 2 is 0.978 bits per heavy atom. The zero-order chi connectivity index (χ0) is 64.7. The van der Waals surface area contributed by atoms with E-state index in [-0.39, 0.29) is 22.9 Å². The number of rotatable bonds is 5. The van der Waals surface area contributed by atoms with E-state index in [2.05, 4.69) is 110 Å². The van der Waals surface area contributed by atoms with Crippen molar-refractivity contribution in [2.75, 3.05) is 65.6 Å². The van der Waals surface area contributed by atoms with Crippen molar-refractivity contribution < 1.29 is 28.8 Å². The van der Waals surface area contributed by atoms with Crippen LogP contribution in [-0.4, -0.2) is 118 Å². The molecule has 7 heterocycles. The van der Waals surface area contributed by atoms with Crippen molar-refractivity contribution in [1.29, 1.82) is 0 Å². The summed E-state index contributed by atoms with van der Waals surface area (Å²) >= 11 is 33.4. The summed E-state index contributed by atoms with van der Waals surface area (Å²) in [6, 6.07) is 20.0. The molecule has 3 amide bonds. The van der Waals surface area contributed by atoms with E-state index >= 15 is 0 Å². The van der Waals surface area contributed by atoms with E-state index in [1.165, 1.54) is 55.7 Å². The fourth-order valence-corrected chi connectivity index (χ4v) is 16.5. The van der Waals surface area contributed by atoms with Crippen LogP contribution in [0.3, 0.4) is 0 Å². The summed E-state index contributed by atoms with van der Waals surface area (Å²) in [4.78, 5) is 68.2. The van der Waals surface area contributed by atoms with Gasteiger partial charge >= 0.3 is 12.2 Å². The number of benzene rings is 3. The minimum Gasteiger partial charge on any atom is -0.450 e. The van der Waals surface area contributed by atoms with Gasteiger partial charge in [0.2, 0.25) is 5.91 Å². The number of nitrogens with zero attached hydrogens (tertiary/aromatic N) is 7. The average Bonchev–Trinajstić information content (AvgIpc) is 1.50. The summed E-state index contributed by atoms with van der Waals surface area (Å²) in [7, 11) is 0. The Bertz CT molecular complexity index is 3880. The molecule has 6 aromatic rings. The minimum absolute atomic E-state index is 0.108. The van der Waals surface area contributed by atoms with Crippen LogP contribution >= 0.6 is 98.5 Å². The first-order chi connectivity index (χ1) is 44.4. The normalized spacial score (nSPS) is 17.2. The van der Waals surface area contributed by atoms with Crippen molar-refractivity contribution in [2.45, 2.75) is 110 Å². The second-order valence-electron chi connectivity index (χ2n) is 24.0. The number of hydrogen-bond donors (Lipinski definition) is 1. The van der Waals surface area contributed by atoms with Gasteiger partial charge < -0.3 is 29.5 Å². The maximum Gasteiger partial charge on any atom is 0.409 e. The number of hydrogen-bond acceptors (Lipinski definition) is 11. The first kappa shape index (κ1) is 67.9. The second kappa shape index (κ2) is 30.9. The SMILES string of the molecule is CCOC(=O)N1CCC(=C2c3cc([N+](=O)[O-])c(Cl)cc3CCc3cc(Br)cnc32)CC1.CCOC(=O)N1CCC(=C2c3ccc(Cl)cc3CCc3cc(Br)cnc32)CC1.O=C(CC1CCNCC1)N1CCC(=C2c3ncc(Br)cc3CCc3cc(Cl)cc(Br)c32)CC1. The van der Waals surface area contributed by atoms with Gasteiger partial charge in [-0.25, -0.2) is 9.59 Å². The number of fused-ring (bicyclic) bond motifs is 6. The third-order valence-corrected chi connectivity index (χ3v) is 21.0. The summed E-state index contributed by atoms with van der Waals surface area (Å²) < 4.78 is 14.2. The Hall–Kier alpha value is -5.51. The number of aromatic nitrogens is 3. The standard InChI is InChI=1S/C26H28Br2ClN3O.C22H21BrClN3O4.C22H22BrClN2O2/c27-20-12-19-2-1-18-13-21(29)14-22(28)24(18)25(26(19)31-15-20)17-5-9-32(10-6-17)23(33)11-16-3-7-30-8-4-16;1-2-31-22(28)26-7-5-13(6-8-26)20-17-11-19(27(29)30)18(24)10-14(17)3-4-15-9-16(23)12-25-21(15)20;1-2-28-22(27)26-9-7-14(8-10-26)20-19-6-5-18(24)12-15(19)3-4-16-11-17(23)13-25-21(16)20/h12-16,30H,1-11H2;9-12H,2-8H2,1H3;5-6,11-13H,2-4,7-10H2,1H3. The van der Waals surface area contributed by atoms with Crippen molar-refractivity contribution >= 4 is 139 Å². The number of carbonyl (C=O) groups excluding carboxylic acids is 3. The molecular weight excluding hydrogens is 1490 g/mol. The quantitative estimate of drug-likeness (QED) is 0.129. The van der Waals surface area contributed by atoms with Gasteiger partial charge in [-0.1, -0.05) is 73.5 Å². The maximum absolute atomic E-state index is 13.0. The number of aryl methyl sites for hydroxylation is 6. The molecule has 0 unspecified atom stereocenters. The van der Waals surface area contributed by atoms with Gasteiger partial charge in [0.1, 0.15) is 5.02 Å². The summed E-state index contributed by atoms with van der Waals surface area (Å²) in [6.07, 6.45) is 17.8. The third kappa shape index (κ3) is 15.7. The molecule has 0 saturated carbocycles. The average molecular weight is 1560 g/mol. The van der Waals surface area contributed by atoms with E-state index in [0.717, 1.165) is 170 Å². The Balaban J connectivity index is 0.000000142. The van der Waals surface area contributed by atoms with E-state index in [0.29, 0.717) is 76.9 Å². The van der Waals surface area contributed by atoms with E-state index in [1.807, 2.05) is 31.5 Å². The van der Waals surface area contributed by atoms with Crippen LogP contribution in [0.15, 0.2) is 114 Å². The third-order valence-electron chi connectivity index (χ3n) is 18.4. The van der Waals surface area contributed by atoms with E-state index in [9.17, 15) is 24.5 Å². The highest BCUT2D eigenvalue weighted by Crippen LogP contribution is 2.45. The lowest BCUT2D eigenvalue weighted by Gasteiger charge is -2.32. The highest BCUT2D eigenvalue weighted by Gasteiger charge is 2.33. The number of amides is 3. The predicted molar refractivity (Wildman–Crippen MR) is 376 cm³/mol. The molecule has 4 saturated heterocycles. The topological polar surface area (TPSA) is 173 Å². The molecule has 7 aliphatic rings. The molecule has 0 spiro atoms. The first-order valence-corrected chi connectivity index (χ1v) is 35.9. The van der Waals surface area contributed by atoms with Gasteiger partial charge in [-0.05, 0) is 264 Å². The number of likely N-dealkylation sites (tertiary alicyclic amines) is 3. The molecule has 0 atom stereocenters. The lowest BCUT2D eigenvalue weighted by molar-refractivity contribution is -0.384. The van der Waals surface area contributed by atoms with Crippen LogP contribution in [-0.2, 0) is 52.8 Å². The van der Waals surface area contributed by atoms with Crippen molar-refractivity contribution in [3.63, 3.8) is 0 Å². The molecule has 0 radical (unpaired) electrons. The summed E-state index contributed by atoms with van der Waals surface area (Å²) in [5, 5.41) is 16.6. The van der Waals surface area contributed by atoms with Gasteiger partial charge in [-0.15, -0.1) is 0 Å². The maximum atomic E-state index is 13.0. The number of halogens is 7. The Morgan fingerprint density at radius 3 is 1.48 bits per heavy atom. The smallest absolute Gasteiger partial charge is 0.409 e. The molecule has 4 aliphatic heterocycles. The molecule has 482 valence electrons. The highest BCUT2D eigenvalue weighted by atomic mass is 79.9. The lowest BCUT2D eigenvalue weighted by Crippen LogP contribution is -2.39. The zero-order valence-corrected chi connectivity index (χ0v) is 60.0. The molecule has 22 heteroatoms. The monoisotopic (exact) mass is 1560 g/mol. The Kier molecular flexibility index (Phi) is 22.8. The van der Waals surface area contributed by atoms with Crippen LogP contribution in [0.2, 0.25) is 15.1 Å². The van der Waals surface area contributed by atoms with Gasteiger partial charge in [0.25, 0.3) is 5.69 Å². The molecule has 1 N–H and O–H groups in total. The van der Waals surface area contributed by atoms with Crippen LogP contribution < -0.4 is 5.32 Å². The van der Waals surface area contributed by atoms with Gasteiger partial charge in [-0.3, -0.25) is 29.9 Å². The number of carbonyl (C=O) groups is 3. The van der Waals surface area contributed by atoms with E-state index in [4.69, 9.17) is 59.2 Å². The molecule has 3 aromatic heterocycles. The number of nitro groups is 1. The van der Waals surface area contributed by atoms with Gasteiger partial charge in [0, 0.05) is 121 Å². The molecule has 15 nitrogen and oxygen atoms in total. The largest absolute Gasteiger partial charge is 0.450 e. The fourth-order valence-electron chi connectivity index (χ4n) is 13.8. The van der Waals surface area contributed by atoms with Crippen LogP contribution in [0.5, 0.6) is 0 Å². The van der Waals surface area contributed by atoms with Crippen LogP contribution in [0.1, 0.15) is 139 Å². The Labute approximate surface area is 585 Å². The predicted octanol–water partition coefficient (Wildman–Crippen LogP) is 17.4. The zero-order valence-electron chi connectivity index (χ0n) is 51.4. The molecule has 4 fully saturated rings. The molecule has 3 aliphatic carbocycles. The van der Waals surface area contributed by atoms with E-state index in [1.54, 1.807) is 35.1 Å². The van der Waals surface area contributed by atoms with Gasteiger partial charge in [-0.2, -0.15) is 0 Å². The van der Waals surface area contributed by atoms with Crippen LogP contribution in [0.25, 0.3) is 16.7 Å². The summed E-state index contributed by atoms with van der Waals surface area (Å²) in [5.41, 5.74) is 20.5. The summed E-state index contributed by atoms with van der Waals surface area (Å²) in [5.74, 6) is 0.852. The number of nitro benzene ring substituents is 1. The lowest BCUT2D eigenvalue weighted by atomic mass is 9.88. The van der Waals surface area contributed by atoms with Crippen molar-refractivity contribution in [3.8, 4) is 0 Å². The molecular formula is C70H71Br4Cl3N8O7. The van der Waals surface area contributed by atoms with Gasteiger partial charge in [0.05, 0.1) is 35.2 Å². The second-order valence-corrected chi connectivity index (χ2v) is 28.9.